The first-order chi connectivity index (χ1) is 10.0. The minimum absolute atomic E-state index is 0.0482. The number of aryl methyl sites for hydroxylation is 2. The van der Waals surface area contributed by atoms with Crippen LogP contribution in [0.25, 0.3) is 0 Å². The third-order valence-corrected chi connectivity index (χ3v) is 5.32. The topological polar surface area (TPSA) is 49.6 Å². The van der Waals surface area contributed by atoms with E-state index in [1.54, 1.807) is 0 Å². The number of likely N-dealkylation sites (tertiary alicyclic amines) is 2. The Morgan fingerprint density at radius 1 is 1.29 bits per heavy atom. The van der Waals surface area contributed by atoms with Crippen LogP contribution in [0.15, 0.2) is 4.52 Å². The van der Waals surface area contributed by atoms with E-state index in [0.29, 0.717) is 12.3 Å². The zero-order valence-electron chi connectivity index (χ0n) is 13.3. The Kier molecular flexibility index (Phi) is 3.78. The Labute approximate surface area is 126 Å². The average Bonchev–Trinajstić information content (AvgIpc) is 2.77. The van der Waals surface area contributed by atoms with Gasteiger partial charge in [0.2, 0.25) is 5.91 Å². The van der Waals surface area contributed by atoms with Gasteiger partial charge in [0.25, 0.3) is 0 Å². The van der Waals surface area contributed by atoms with Crippen molar-refractivity contribution < 1.29 is 9.32 Å². The van der Waals surface area contributed by atoms with Crippen LogP contribution in [0.3, 0.4) is 0 Å². The van der Waals surface area contributed by atoms with Crippen LogP contribution < -0.4 is 0 Å². The van der Waals surface area contributed by atoms with Crippen molar-refractivity contribution in [3.8, 4) is 0 Å². The van der Waals surface area contributed by atoms with Gasteiger partial charge < -0.3 is 9.42 Å². The molecule has 116 valence electrons. The number of carbonyl (C=O) groups is 1. The lowest BCUT2D eigenvalue weighted by Gasteiger charge is -2.50. The number of aromatic nitrogens is 1. The van der Waals surface area contributed by atoms with Gasteiger partial charge in [-0.15, -0.1) is 0 Å². The van der Waals surface area contributed by atoms with Crippen molar-refractivity contribution in [2.24, 2.45) is 0 Å². The fourth-order valence-corrected chi connectivity index (χ4v) is 3.94. The maximum absolute atomic E-state index is 12.1. The van der Waals surface area contributed by atoms with E-state index in [2.05, 4.69) is 10.1 Å². The fourth-order valence-electron chi connectivity index (χ4n) is 3.94. The summed E-state index contributed by atoms with van der Waals surface area (Å²) in [5.41, 5.74) is 2.24. The monoisotopic (exact) mass is 291 g/mol. The van der Waals surface area contributed by atoms with Gasteiger partial charge in [-0.3, -0.25) is 9.69 Å². The molecule has 21 heavy (non-hydrogen) atoms. The van der Waals surface area contributed by atoms with Crippen molar-refractivity contribution in [3.05, 3.63) is 17.0 Å². The lowest BCUT2D eigenvalue weighted by Crippen LogP contribution is -2.60. The van der Waals surface area contributed by atoms with Crippen molar-refractivity contribution in [2.75, 3.05) is 20.1 Å². The van der Waals surface area contributed by atoms with Gasteiger partial charge in [0, 0.05) is 32.1 Å². The Morgan fingerprint density at radius 3 is 2.76 bits per heavy atom. The molecule has 2 aliphatic heterocycles. The summed E-state index contributed by atoms with van der Waals surface area (Å²) < 4.78 is 5.27. The lowest BCUT2D eigenvalue weighted by molar-refractivity contribution is -0.143. The molecule has 5 nitrogen and oxygen atoms in total. The van der Waals surface area contributed by atoms with Crippen LogP contribution in [-0.4, -0.2) is 46.5 Å². The molecule has 1 atom stereocenters. The van der Waals surface area contributed by atoms with Crippen LogP contribution in [0.1, 0.15) is 49.1 Å². The van der Waals surface area contributed by atoms with Crippen LogP contribution in [-0.2, 0) is 11.3 Å². The van der Waals surface area contributed by atoms with E-state index < -0.39 is 0 Å². The quantitative estimate of drug-likeness (QED) is 0.838. The molecular weight excluding hydrogens is 266 g/mol. The van der Waals surface area contributed by atoms with Gasteiger partial charge in [-0.2, -0.15) is 0 Å². The minimum Gasteiger partial charge on any atom is -0.361 e. The van der Waals surface area contributed by atoms with Crippen LogP contribution in [0.5, 0.6) is 0 Å². The van der Waals surface area contributed by atoms with Gasteiger partial charge in [0.1, 0.15) is 5.76 Å². The first-order valence-electron chi connectivity index (χ1n) is 7.93. The van der Waals surface area contributed by atoms with Crippen molar-refractivity contribution >= 4 is 5.91 Å². The molecule has 2 saturated heterocycles. The molecule has 0 aliphatic carbocycles. The zero-order valence-corrected chi connectivity index (χ0v) is 13.3. The predicted molar refractivity (Wildman–Crippen MR) is 79.8 cm³/mol. The van der Waals surface area contributed by atoms with E-state index in [1.165, 1.54) is 5.56 Å². The van der Waals surface area contributed by atoms with Crippen molar-refractivity contribution in [1.82, 2.24) is 15.0 Å². The van der Waals surface area contributed by atoms with E-state index >= 15 is 0 Å². The smallest absolute Gasteiger partial charge is 0.222 e. The van der Waals surface area contributed by atoms with Gasteiger partial charge in [0.05, 0.1) is 11.2 Å². The number of nitrogens with zero attached hydrogens (tertiary/aromatic N) is 3. The summed E-state index contributed by atoms with van der Waals surface area (Å²) in [4.78, 5) is 16.6. The van der Waals surface area contributed by atoms with Crippen LogP contribution in [0.2, 0.25) is 0 Å². The third kappa shape index (κ3) is 2.59. The second kappa shape index (κ2) is 5.44. The van der Waals surface area contributed by atoms with Crippen LogP contribution in [0, 0.1) is 13.8 Å². The first kappa shape index (κ1) is 14.6. The van der Waals surface area contributed by atoms with Crippen LogP contribution >= 0.6 is 0 Å². The van der Waals surface area contributed by atoms with E-state index in [1.807, 2.05) is 25.8 Å². The molecule has 0 aromatic carbocycles. The average molecular weight is 291 g/mol. The summed E-state index contributed by atoms with van der Waals surface area (Å²) in [7, 11) is 1.99. The summed E-state index contributed by atoms with van der Waals surface area (Å²) >= 11 is 0. The zero-order chi connectivity index (χ0) is 15.0. The second-order valence-electron chi connectivity index (χ2n) is 6.65. The maximum atomic E-state index is 12.1. The summed E-state index contributed by atoms with van der Waals surface area (Å²) in [5.74, 6) is 1.22. The Hall–Kier alpha value is -1.36. The summed E-state index contributed by atoms with van der Waals surface area (Å²) in [6.45, 7) is 6.92. The molecule has 0 radical (unpaired) electrons. The molecule has 0 unspecified atom stereocenters. The maximum Gasteiger partial charge on any atom is 0.222 e. The molecule has 2 aliphatic rings. The standard InChI is InChI=1S/C16H25N3O2/c1-12-14(13(2)21-17-12)10-19-9-5-8-16(11-19)7-4-6-15(20)18(16)3/h4-11H2,1-3H3/t16-/m1/s1. The first-order valence-corrected chi connectivity index (χ1v) is 7.93. The van der Waals surface area contributed by atoms with Gasteiger partial charge in [-0.05, 0) is 46.1 Å². The number of piperidine rings is 2. The molecule has 1 aromatic heterocycles. The molecule has 2 fully saturated rings. The Morgan fingerprint density at radius 2 is 2.05 bits per heavy atom. The molecule has 1 spiro atoms. The molecule has 0 N–H and O–H groups in total. The molecule has 3 heterocycles. The molecule has 3 rings (SSSR count). The van der Waals surface area contributed by atoms with E-state index in [4.69, 9.17) is 4.52 Å². The van der Waals surface area contributed by atoms with Gasteiger partial charge in [-0.1, -0.05) is 5.16 Å². The second-order valence-corrected chi connectivity index (χ2v) is 6.65. The van der Waals surface area contributed by atoms with Gasteiger partial charge >= 0.3 is 0 Å². The highest BCUT2D eigenvalue weighted by Crippen LogP contribution is 2.36. The largest absolute Gasteiger partial charge is 0.361 e. The van der Waals surface area contributed by atoms with Crippen LogP contribution in [0.4, 0.5) is 0 Å². The third-order valence-electron chi connectivity index (χ3n) is 5.32. The lowest BCUT2D eigenvalue weighted by atomic mass is 9.80. The molecule has 0 saturated carbocycles. The SMILES string of the molecule is Cc1noc(C)c1CN1CCC[C@]2(CCCC(=O)N2C)C1. The summed E-state index contributed by atoms with van der Waals surface area (Å²) in [6, 6.07) is 0. The van der Waals surface area contributed by atoms with Gasteiger partial charge in [0.15, 0.2) is 0 Å². The summed E-state index contributed by atoms with van der Waals surface area (Å²) in [6.07, 6.45) is 5.16. The highest BCUT2D eigenvalue weighted by molar-refractivity contribution is 5.77. The predicted octanol–water partition coefficient (Wildman–Crippen LogP) is 2.27. The highest BCUT2D eigenvalue weighted by Gasteiger charge is 2.43. The number of hydrogen-bond donors (Lipinski definition) is 0. The number of carbonyl (C=O) groups excluding carboxylic acids is 1. The Balaban J connectivity index is 1.75. The molecule has 1 amide bonds. The molecule has 1 aromatic rings. The fraction of sp³-hybridized carbons (Fsp3) is 0.750. The van der Waals surface area contributed by atoms with E-state index in [0.717, 1.165) is 56.8 Å². The number of amides is 1. The molecule has 0 bridgehead atoms. The van der Waals surface area contributed by atoms with E-state index in [-0.39, 0.29) is 5.54 Å². The molecule has 5 heteroatoms. The number of hydrogen-bond acceptors (Lipinski definition) is 4. The van der Waals surface area contributed by atoms with Gasteiger partial charge in [-0.25, -0.2) is 0 Å². The minimum atomic E-state index is 0.0482. The Bertz CT molecular complexity index is 516. The highest BCUT2D eigenvalue weighted by atomic mass is 16.5. The number of likely N-dealkylation sites (N-methyl/N-ethyl adjacent to an activating group) is 1. The van der Waals surface area contributed by atoms with Crippen molar-refractivity contribution in [2.45, 2.75) is 58.0 Å². The van der Waals surface area contributed by atoms with Crippen molar-refractivity contribution in [1.29, 1.82) is 0 Å². The van der Waals surface area contributed by atoms with Crippen molar-refractivity contribution in [3.63, 3.8) is 0 Å². The molecular formula is C16H25N3O2. The number of rotatable bonds is 2. The van der Waals surface area contributed by atoms with E-state index in [9.17, 15) is 4.79 Å². The normalized spacial score (nSPS) is 27.6. The summed E-state index contributed by atoms with van der Waals surface area (Å²) in [5, 5.41) is 4.05.